The lowest BCUT2D eigenvalue weighted by Crippen LogP contribution is -2.02. The van der Waals surface area contributed by atoms with Crippen LogP contribution < -0.4 is 0 Å². The van der Waals surface area contributed by atoms with Gasteiger partial charge >= 0.3 is 0 Å². The molecule has 1 N–H and O–H groups in total. The molecule has 1 aromatic carbocycles. The monoisotopic (exact) mass is 331 g/mol. The first kappa shape index (κ1) is 13.0. The van der Waals surface area contributed by atoms with Crippen molar-refractivity contribution in [3.05, 3.63) is 49.3 Å². The number of rotatable bonds is 3. The van der Waals surface area contributed by atoms with E-state index in [2.05, 4.69) is 20.9 Å². The number of aliphatic hydroxyl groups excluding tert-OH is 1. The highest BCUT2D eigenvalue weighted by atomic mass is 79.9. The molecule has 0 aliphatic carbocycles. The zero-order chi connectivity index (χ0) is 12.4. The standard InChI is InChI=1S/C12H11BrClNOS/c1-7-6-17-12(15-7)5-11(16)9-4-8(14)2-3-10(9)13/h2-4,6,11,16H,5H2,1H3. The van der Waals surface area contributed by atoms with Crippen LogP contribution in [0.4, 0.5) is 0 Å². The number of hydrogen-bond acceptors (Lipinski definition) is 3. The number of aryl methyl sites for hydroxylation is 1. The zero-order valence-electron chi connectivity index (χ0n) is 9.15. The molecule has 1 aromatic heterocycles. The number of aliphatic hydroxyl groups is 1. The molecule has 0 aliphatic rings. The Balaban J connectivity index is 2.19. The first-order chi connectivity index (χ1) is 8.06. The number of thiazole rings is 1. The SMILES string of the molecule is Cc1csc(CC(O)c2cc(Cl)ccc2Br)n1. The molecule has 0 spiro atoms. The summed E-state index contributed by atoms with van der Waals surface area (Å²) < 4.78 is 0.864. The Labute approximate surface area is 117 Å². The van der Waals surface area contributed by atoms with Gasteiger partial charge in [0.2, 0.25) is 0 Å². The molecule has 90 valence electrons. The number of nitrogens with zero attached hydrogens (tertiary/aromatic N) is 1. The first-order valence-electron chi connectivity index (χ1n) is 5.10. The fourth-order valence-electron chi connectivity index (χ4n) is 1.54. The Hall–Kier alpha value is -0.420. The highest BCUT2D eigenvalue weighted by molar-refractivity contribution is 9.10. The van der Waals surface area contributed by atoms with Crippen LogP contribution in [0.2, 0.25) is 5.02 Å². The highest BCUT2D eigenvalue weighted by Crippen LogP contribution is 2.29. The molecule has 0 fully saturated rings. The Morgan fingerprint density at radius 3 is 2.94 bits per heavy atom. The van der Waals surface area contributed by atoms with Gasteiger partial charge in [-0.15, -0.1) is 11.3 Å². The van der Waals surface area contributed by atoms with E-state index in [0.29, 0.717) is 11.4 Å². The van der Waals surface area contributed by atoms with Crippen molar-refractivity contribution in [1.29, 1.82) is 0 Å². The highest BCUT2D eigenvalue weighted by Gasteiger charge is 2.14. The van der Waals surface area contributed by atoms with Crippen molar-refractivity contribution in [3.8, 4) is 0 Å². The maximum Gasteiger partial charge on any atom is 0.0957 e. The van der Waals surface area contributed by atoms with Crippen LogP contribution in [0.25, 0.3) is 0 Å². The molecule has 2 aromatic rings. The molecule has 1 atom stereocenters. The van der Waals surface area contributed by atoms with Gasteiger partial charge in [-0.05, 0) is 30.7 Å². The lowest BCUT2D eigenvalue weighted by atomic mass is 10.1. The van der Waals surface area contributed by atoms with E-state index in [1.54, 1.807) is 23.5 Å². The van der Waals surface area contributed by atoms with Crippen molar-refractivity contribution < 1.29 is 5.11 Å². The Kier molecular flexibility index (Phi) is 4.20. The second-order valence-electron chi connectivity index (χ2n) is 3.77. The lowest BCUT2D eigenvalue weighted by molar-refractivity contribution is 0.177. The van der Waals surface area contributed by atoms with Crippen LogP contribution >= 0.6 is 38.9 Å². The number of benzene rings is 1. The summed E-state index contributed by atoms with van der Waals surface area (Å²) in [5.74, 6) is 0. The molecular formula is C12H11BrClNOS. The third kappa shape index (κ3) is 3.28. The fraction of sp³-hybridized carbons (Fsp3) is 0.250. The van der Waals surface area contributed by atoms with Crippen LogP contribution in [-0.2, 0) is 6.42 Å². The minimum atomic E-state index is -0.589. The van der Waals surface area contributed by atoms with Gasteiger partial charge in [0.05, 0.1) is 11.1 Å². The number of hydrogen-bond donors (Lipinski definition) is 1. The van der Waals surface area contributed by atoms with Gasteiger partial charge in [0.25, 0.3) is 0 Å². The van der Waals surface area contributed by atoms with Crippen molar-refractivity contribution in [2.45, 2.75) is 19.4 Å². The second-order valence-corrected chi connectivity index (χ2v) is 6.00. The Morgan fingerprint density at radius 1 is 1.53 bits per heavy atom. The summed E-state index contributed by atoms with van der Waals surface area (Å²) in [6.07, 6.45) is -0.0779. The van der Waals surface area contributed by atoms with Crippen LogP contribution in [0.5, 0.6) is 0 Å². The van der Waals surface area contributed by atoms with E-state index in [1.165, 1.54) is 0 Å². The zero-order valence-corrected chi connectivity index (χ0v) is 12.3. The molecule has 2 nitrogen and oxygen atoms in total. The van der Waals surface area contributed by atoms with E-state index >= 15 is 0 Å². The van der Waals surface area contributed by atoms with Gasteiger partial charge in [0.1, 0.15) is 0 Å². The predicted octanol–water partition coefficient (Wildman–Crippen LogP) is 4.14. The summed E-state index contributed by atoms with van der Waals surface area (Å²) in [4.78, 5) is 4.34. The molecule has 0 aliphatic heterocycles. The van der Waals surface area contributed by atoms with Crippen LogP contribution in [0.15, 0.2) is 28.1 Å². The summed E-state index contributed by atoms with van der Waals surface area (Å²) in [5.41, 5.74) is 1.78. The van der Waals surface area contributed by atoms with Gasteiger partial charge in [0, 0.05) is 27.0 Å². The van der Waals surface area contributed by atoms with E-state index < -0.39 is 6.10 Å². The van der Waals surface area contributed by atoms with Crippen molar-refractivity contribution in [3.63, 3.8) is 0 Å². The van der Waals surface area contributed by atoms with E-state index in [-0.39, 0.29) is 0 Å². The minimum Gasteiger partial charge on any atom is -0.388 e. The molecule has 1 unspecified atom stereocenters. The quantitative estimate of drug-likeness (QED) is 0.916. The minimum absolute atomic E-state index is 0.511. The van der Waals surface area contributed by atoms with E-state index in [9.17, 15) is 5.11 Å². The summed E-state index contributed by atoms with van der Waals surface area (Å²) in [5, 5.41) is 13.7. The molecule has 1 heterocycles. The number of aromatic nitrogens is 1. The molecule has 0 radical (unpaired) electrons. The van der Waals surface area contributed by atoms with Crippen LogP contribution in [0.1, 0.15) is 22.4 Å². The average Bonchev–Trinajstić information content (AvgIpc) is 2.67. The van der Waals surface area contributed by atoms with Gasteiger partial charge in [-0.3, -0.25) is 0 Å². The van der Waals surface area contributed by atoms with Crippen LogP contribution in [0.3, 0.4) is 0 Å². The molecule has 0 saturated carbocycles. The van der Waals surface area contributed by atoms with Crippen LogP contribution in [0, 0.1) is 6.92 Å². The van der Waals surface area contributed by atoms with Gasteiger partial charge in [0.15, 0.2) is 0 Å². The smallest absolute Gasteiger partial charge is 0.0957 e. The lowest BCUT2D eigenvalue weighted by Gasteiger charge is -2.11. The van der Waals surface area contributed by atoms with Crippen molar-refractivity contribution in [2.75, 3.05) is 0 Å². The maximum atomic E-state index is 10.2. The molecule has 0 bridgehead atoms. The number of halogens is 2. The Bertz CT molecular complexity index is 529. The van der Waals surface area contributed by atoms with Gasteiger partial charge in [-0.25, -0.2) is 4.98 Å². The van der Waals surface area contributed by atoms with Gasteiger partial charge in [-0.1, -0.05) is 27.5 Å². The van der Waals surface area contributed by atoms with E-state index in [1.807, 2.05) is 18.4 Å². The van der Waals surface area contributed by atoms with Crippen molar-refractivity contribution in [1.82, 2.24) is 4.98 Å². The summed E-state index contributed by atoms with van der Waals surface area (Å²) in [6.45, 7) is 1.95. The van der Waals surface area contributed by atoms with E-state index in [0.717, 1.165) is 20.7 Å². The summed E-state index contributed by atoms with van der Waals surface area (Å²) in [7, 11) is 0. The van der Waals surface area contributed by atoms with Gasteiger partial charge < -0.3 is 5.11 Å². The normalized spacial score (nSPS) is 12.7. The maximum absolute atomic E-state index is 10.2. The molecule has 5 heteroatoms. The topological polar surface area (TPSA) is 33.1 Å². The summed E-state index contributed by atoms with van der Waals surface area (Å²) >= 11 is 10.9. The third-order valence-corrected chi connectivity index (χ3v) is 4.30. The average molecular weight is 333 g/mol. The molecule has 2 rings (SSSR count). The Morgan fingerprint density at radius 2 is 2.29 bits per heavy atom. The van der Waals surface area contributed by atoms with Crippen molar-refractivity contribution >= 4 is 38.9 Å². The third-order valence-electron chi connectivity index (χ3n) is 2.35. The van der Waals surface area contributed by atoms with Crippen LogP contribution in [-0.4, -0.2) is 10.1 Å². The second kappa shape index (κ2) is 5.48. The molecule has 0 amide bonds. The van der Waals surface area contributed by atoms with Gasteiger partial charge in [-0.2, -0.15) is 0 Å². The molecular weight excluding hydrogens is 322 g/mol. The summed E-state index contributed by atoms with van der Waals surface area (Å²) in [6, 6.07) is 5.40. The molecule has 0 saturated heterocycles. The fourth-order valence-corrected chi connectivity index (χ4v) is 3.04. The first-order valence-corrected chi connectivity index (χ1v) is 7.15. The molecule has 17 heavy (non-hydrogen) atoms. The van der Waals surface area contributed by atoms with E-state index in [4.69, 9.17) is 11.6 Å². The predicted molar refractivity (Wildman–Crippen MR) is 74.7 cm³/mol. The van der Waals surface area contributed by atoms with Crippen molar-refractivity contribution in [2.24, 2.45) is 0 Å². The largest absolute Gasteiger partial charge is 0.388 e.